The fraction of sp³-hybridized carbons (Fsp3) is 0.385. The van der Waals surface area contributed by atoms with E-state index in [0.29, 0.717) is 23.7 Å². The number of nitrogens with two attached hydrogens (primary N) is 1. The molecule has 0 unspecified atom stereocenters. The SMILES string of the molecule is CC(C)CC1=NN(c2ccccc2N)C(=O)C1. The van der Waals surface area contributed by atoms with Gasteiger partial charge in [0.25, 0.3) is 5.91 Å². The van der Waals surface area contributed by atoms with Crippen molar-refractivity contribution in [3.63, 3.8) is 0 Å². The van der Waals surface area contributed by atoms with Crippen molar-refractivity contribution in [2.45, 2.75) is 26.7 Å². The zero-order valence-corrected chi connectivity index (χ0v) is 10.2. The number of carbonyl (C=O) groups excluding carboxylic acids is 1. The normalized spacial score (nSPS) is 15.6. The van der Waals surface area contributed by atoms with Crippen LogP contribution >= 0.6 is 0 Å². The molecule has 1 aromatic carbocycles. The fourth-order valence-electron chi connectivity index (χ4n) is 1.93. The fourth-order valence-corrected chi connectivity index (χ4v) is 1.93. The molecule has 1 aliphatic rings. The highest BCUT2D eigenvalue weighted by atomic mass is 16.2. The molecule has 2 rings (SSSR count). The number of hydrogen-bond donors (Lipinski definition) is 1. The van der Waals surface area contributed by atoms with E-state index in [1.54, 1.807) is 6.07 Å². The minimum absolute atomic E-state index is 0.00134. The van der Waals surface area contributed by atoms with Gasteiger partial charge in [-0.05, 0) is 24.5 Å². The third-order valence-electron chi connectivity index (χ3n) is 2.64. The van der Waals surface area contributed by atoms with Gasteiger partial charge in [-0.1, -0.05) is 26.0 Å². The Morgan fingerprint density at radius 2 is 2.12 bits per heavy atom. The third-order valence-corrected chi connectivity index (χ3v) is 2.64. The average molecular weight is 231 g/mol. The van der Waals surface area contributed by atoms with Gasteiger partial charge in [-0.2, -0.15) is 10.1 Å². The maximum Gasteiger partial charge on any atom is 0.253 e. The summed E-state index contributed by atoms with van der Waals surface area (Å²) in [7, 11) is 0. The third kappa shape index (κ3) is 2.46. The standard InChI is InChI=1S/C13H17N3O/c1-9(2)7-10-8-13(17)16(15-10)12-6-4-3-5-11(12)14/h3-6,9H,7-8,14H2,1-2H3. The second-order valence-electron chi connectivity index (χ2n) is 4.71. The van der Waals surface area contributed by atoms with E-state index in [2.05, 4.69) is 18.9 Å². The number of carbonyl (C=O) groups is 1. The number of benzene rings is 1. The van der Waals surface area contributed by atoms with Crippen molar-refractivity contribution in [2.75, 3.05) is 10.7 Å². The van der Waals surface area contributed by atoms with Crippen molar-refractivity contribution in [1.29, 1.82) is 0 Å². The maximum absolute atomic E-state index is 11.9. The Hall–Kier alpha value is -1.84. The van der Waals surface area contributed by atoms with E-state index in [0.717, 1.165) is 12.1 Å². The summed E-state index contributed by atoms with van der Waals surface area (Å²) in [5.74, 6) is 0.508. The van der Waals surface area contributed by atoms with Crippen LogP contribution in [0.2, 0.25) is 0 Å². The summed E-state index contributed by atoms with van der Waals surface area (Å²) < 4.78 is 0. The Morgan fingerprint density at radius 3 is 2.76 bits per heavy atom. The highest BCUT2D eigenvalue weighted by Crippen LogP contribution is 2.27. The summed E-state index contributed by atoms with van der Waals surface area (Å²) >= 11 is 0. The van der Waals surface area contributed by atoms with Crippen LogP contribution in [-0.4, -0.2) is 11.6 Å². The van der Waals surface area contributed by atoms with E-state index in [4.69, 9.17) is 5.73 Å². The first-order chi connectivity index (χ1) is 8.08. The van der Waals surface area contributed by atoms with E-state index in [9.17, 15) is 4.79 Å². The highest BCUT2D eigenvalue weighted by molar-refractivity contribution is 6.13. The molecule has 4 heteroatoms. The van der Waals surface area contributed by atoms with Gasteiger partial charge in [0.15, 0.2) is 0 Å². The van der Waals surface area contributed by atoms with Gasteiger partial charge < -0.3 is 5.73 Å². The Kier molecular flexibility index (Phi) is 3.13. The zero-order valence-electron chi connectivity index (χ0n) is 10.2. The van der Waals surface area contributed by atoms with Gasteiger partial charge in [-0.25, -0.2) is 0 Å². The van der Waals surface area contributed by atoms with Crippen molar-refractivity contribution in [3.05, 3.63) is 24.3 Å². The lowest BCUT2D eigenvalue weighted by Gasteiger charge is -2.13. The molecule has 0 radical (unpaired) electrons. The van der Waals surface area contributed by atoms with Gasteiger partial charge in [-0.3, -0.25) is 4.79 Å². The summed E-state index contributed by atoms with van der Waals surface area (Å²) in [6.07, 6.45) is 1.27. The zero-order chi connectivity index (χ0) is 12.4. The molecular weight excluding hydrogens is 214 g/mol. The second kappa shape index (κ2) is 4.57. The van der Waals surface area contributed by atoms with E-state index in [-0.39, 0.29) is 5.91 Å². The van der Waals surface area contributed by atoms with Crippen molar-refractivity contribution in [1.82, 2.24) is 0 Å². The first kappa shape index (κ1) is 11.6. The van der Waals surface area contributed by atoms with Gasteiger partial charge in [0.2, 0.25) is 0 Å². The summed E-state index contributed by atoms with van der Waals surface area (Å²) in [6.45, 7) is 4.24. The number of hydrogen-bond acceptors (Lipinski definition) is 3. The molecule has 4 nitrogen and oxygen atoms in total. The number of nitrogen functional groups attached to an aromatic ring is 1. The average Bonchev–Trinajstić information content (AvgIpc) is 2.59. The number of para-hydroxylation sites is 2. The first-order valence-electron chi connectivity index (χ1n) is 5.81. The monoisotopic (exact) mass is 231 g/mol. The molecule has 1 amide bonds. The van der Waals surface area contributed by atoms with E-state index in [1.165, 1.54) is 5.01 Å². The van der Waals surface area contributed by atoms with Crippen molar-refractivity contribution < 1.29 is 4.79 Å². The highest BCUT2D eigenvalue weighted by Gasteiger charge is 2.26. The number of amides is 1. The smallest absolute Gasteiger partial charge is 0.253 e. The van der Waals surface area contributed by atoms with Gasteiger partial charge in [0.05, 0.1) is 17.8 Å². The van der Waals surface area contributed by atoms with Crippen LogP contribution in [0.25, 0.3) is 0 Å². The number of rotatable bonds is 3. The van der Waals surface area contributed by atoms with Crippen LogP contribution in [0.1, 0.15) is 26.7 Å². The molecule has 0 atom stereocenters. The van der Waals surface area contributed by atoms with Gasteiger partial charge in [0, 0.05) is 5.71 Å². The summed E-state index contributed by atoms with van der Waals surface area (Å²) in [5.41, 5.74) is 8.04. The van der Waals surface area contributed by atoms with Crippen molar-refractivity contribution in [2.24, 2.45) is 11.0 Å². The molecule has 0 saturated heterocycles. The predicted octanol–water partition coefficient (Wildman–Crippen LogP) is 2.41. The van der Waals surface area contributed by atoms with Gasteiger partial charge >= 0.3 is 0 Å². The lowest BCUT2D eigenvalue weighted by molar-refractivity contribution is -0.116. The molecule has 0 fully saturated rings. The lowest BCUT2D eigenvalue weighted by atomic mass is 10.1. The Morgan fingerprint density at radius 1 is 1.41 bits per heavy atom. The molecule has 1 aromatic rings. The van der Waals surface area contributed by atoms with Crippen LogP contribution in [-0.2, 0) is 4.79 Å². The van der Waals surface area contributed by atoms with Gasteiger partial charge in [-0.15, -0.1) is 0 Å². The lowest BCUT2D eigenvalue weighted by Crippen LogP contribution is -2.20. The molecule has 0 saturated carbocycles. The van der Waals surface area contributed by atoms with Crippen LogP contribution in [0.5, 0.6) is 0 Å². The van der Waals surface area contributed by atoms with E-state index in [1.807, 2.05) is 18.2 Å². The Bertz CT molecular complexity index is 465. The molecule has 0 aromatic heterocycles. The number of hydrazone groups is 1. The minimum Gasteiger partial charge on any atom is -0.397 e. The predicted molar refractivity (Wildman–Crippen MR) is 69.8 cm³/mol. The largest absolute Gasteiger partial charge is 0.397 e. The molecule has 90 valence electrons. The molecule has 0 bridgehead atoms. The molecule has 17 heavy (non-hydrogen) atoms. The van der Waals surface area contributed by atoms with Crippen molar-refractivity contribution >= 4 is 23.0 Å². The Balaban J connectivity index is 2.25. The van der Waals surface area contributed by atoms with E-state index >= 15 is 0 Å². The molecule has 0 spiro atoms. The summed E-state index contributed by atoms with van der Waals surface area (Å²) in [4.78, 5) is 11.9. The summed E-state index contributed by atoms with van der Waals surface area (Å²) in [5, 5.41) is 5.78. The number of nitrogens with zero attached hydrogens (tertiary/aromatic N) is 2. The molecule has 1 aliphatic heterocycles. The van der Waals surface area contributed by atoms with Crippen LogP contribution in [0.4, 0.5) is 11.4 Å². The topological polar surface area (TPSA) is 58.7 Å². The molecular formula is C13H17N3O. The minimum atomic E-state index is -0.00134. The number of anilines is 2. The quantitative estimate of drug-likeness (QED) is 0.812. The van der Waals surface area contributed by atoms with Crippen LogP contribution in [0.15, 0.2) is 29.4 Å². The molecule has 1 heterocycles. The molecule has 0 aliphatic carbocycles. The van der Waals surface area contributed by atoms with Crippen LogP contribution in [0, 0.1) is 5.92 Å². The van der Waals surface area contributed by atoms with Crippen LogP contribution in [0.3, 0.4) is 0 Å². The van der Waals surface area contributed by atoms with Gasteiger partial charge in [0.1, 0.15) is 0 Å². The summed E-state index contributed by atoms with van der Waals surface area (Å²) in [6, 6.07) is 7.29. The maximum atomic E-state index is 11.9. The van der Waals surface area contributed by atoms with E-state index < -0.39 is 0 Å². The van der Waals surface area contributed by atoms with Crippen molar-refractivity contribution in [3.8, 4) is 0 Å². The molecule has 2 N–H and O–H groups in total. The Labute approximate surface area is 101 Å². The van der Waals surface area contributed by atoms with Crippen LogP contribution < -0.4 is 10.7 Å². The second-order valence-corrected chi connectivity index (χ2v) is 4.71. The first-order valence-corrected chi connectivity index (χ1v) is 5.81.